The molecular weight excluding hydrogens is 393 g/mol. The van der Waals surface area contributed by atoms with Crippen molar-refractivity contribution in [1.29, 1.82) is 0 Å². The predicted octanol–water partition coefficient (Wildman–Crippen LogP) is 6.08. The fourth-order valence-electron chi connectivity index (χ4n) is 3.11. The third-order valence-electron chi connectivity index (χ3n) is 4.60. The van der Waals surface area contributed by atoms with E-state index in [1.54, 1.807) is 36.4 Å². The molecule has 4 nitrogen and oxygen atoms in total. The van der Waals surface area contributed by atoms with Gasteiger partial charge in [-0.1, -0.05) is 35.9 Å². The van der Waals surface area contributed by atoms with E-state index in [1.165, 1.54) is 19.2 Å². The van der Waals surface area contributed by atoms with Gasteiger partial charge in [0.15, 0.2) is 5.76 Å². The fourth-order valence-corrected chi connectivity index (χ4v) is 3.37. The minimum absolute atomic E-state index is 0.189. The van der Waals surface area contributed by atoms with Gasteiger partial charge in [0.1, 0.15) is 17.1 Å². The zero-order valence-corrected chi connectivity index (χ0v) is 16.3. The maximum Gasteiger partial charge on any atom is 0.230 e. The van der Waals surface area contributed by atoms with E-state index in [9.17, 15) is 9.18 Å². The summed E-state index contributed by atoms with van der Waals surface area (Å²) in [5.41, 5.74) is 2.45. The molecule has 29 heavy (non-hydrogen) atoms. The van der Waals surface area contributed by atoms with Crippen molar-refractivity contribution in [2.24, 2.45) is 0 Å². The van der Waals surface area contributed by atoms with Gasteiger partial charge >= 0.3 is 0 Å². The first-order valence-electron chi connectivity index (χ1n) is 8.95. The van der Waals surface area contributed by atoms with Crippen LogP contribution < -0.4 is 10.1 Å². The number of hydrogen-bond donors (Lipinski definition) is 1. The Hall–Kier alpha value is -3.31. The topological polar surface area (TPSA) is 51.5 Å². The number of carbonyl (C=O) groups excluding carboxylic acids is 1. The monoisotopic (exact) mass is 409 g/mol. The van der Waals surface area contributed by atoms with Crippen LogP contribution >= 0.6 is 11.6 Å². The number of furan rings is 1. The summed E-state index contributed by atoms with van der Waals surface area (Å²) in [6.07, 6.45) is 0. The maximum atomic E-state index is 13.2. The predicted molar refractivity (Wildman–Crippen MR) is 111 cm³/mol. The second kappa shape index (κ2) is 7.97. The van der Waals surface area contributed by atoms with Gasteiger partial charge in [-0.05, 0) is 48.0 Å². The lowest BCUT2D eigenvalue weighted by Crippen LogP contribution is -2.06. The van der Waals surface area contributed by atoms with E-state index in [0.717, 1.165) is 10.9 Å². The van der Waals surface area contributed by atoms with Crippen LogP contribution in [0.15, 0.2) is 71.1 Å². The second-order valence-corrected chi connectivity index (χ2v) is 6.87. The fraction of sp³-hybridized carbons (Fsp3) is 0.0870. The molecule has 4 rings (SSSR count). The van der Waals surface area contributed by atoms with Crippen LogP contribution in [-0.2, 0) is 6.54 Å². The van der Waals surface area contributed by atoms with Crippen molar-refractivity contribution in [3.05, 3.63) is 94.5 Å². The molecule has 1 aromatic heterocycles. The molecule has 0 atom stereocenters. The number of para-hydroxylation sites is 1. The minimum Gasteiger partial charge on any atom is -0.495 e. The highest BCUT2D eigenvalue weighted by atomic mass is 35.5. The summed E-state index contributed by atoms with van der Waals surface area (Å²) in [5, 5.41) is 4.40. The highest BCUT2D eigenvalue weighted by molar-refractivity contribution is 6.32. The summed E-state index contributed by atoms with van der Waals surface area (Å²) in [5.74, 6) is 0.0825. The molecule has 146 valence electrons. The molecule has 6 heteroatoms. The highest BCUT2D eigenvalue weighted by Crippen LogP contribution is 2.34. The third-order valence-corrected chi connectivity index (χ3v) is 4.89. The first-order valence-corrected chi connectivity index (χ1v) is 9.32. The third kappa shape index (κ3) is 3.82. The van der Waals surface area contributed by atoms with Crippen LogP contribution in [0.5, 0.6) is 5.75 Å². The zero-order chi connectivity index (χ0) is 20.4. The van der Waals surface area contributed by atoms with Crippen molar-refractivity contribution < 1.29 is 18.3 Å². The van der Waals surface area contributed by atoms with Crippen LogP contribution in [0.2, 0.25) is 5.02 Å². The van der Waals surface area contributed by atoms with Crippen LogP contribution in [-0.4, -0.2) is 12.9 Å². The first-order chi connectivity index (χ1) is 14.1. The van der Waals surface area contributed by atoms with Crippen LogP contribution in [0.25, 0.3) is 11.0 Å². The summed E-state index contributed by atoms with van der Waals surface area (Å²) in [6.45, 7) is 0.410. The van der Waals surface area contributed by atoms with Crippen molar-refractivity contribution in [3.8, 4) is 5.75 Å². The molecule has 0 radical (unpaired) electrons. The number of hydrogen-bond acceptors (Lipinski definition) is 4. The Bertz CT molecular complexity index is 1180. The van der Waals surface area contributed by atoms with Crippen molar-refractivity contribution in [2.75, 3.05) is 12.4 Å². The summed E-state index contributed by atoms with van der Waals surface area (Å²) < 4.78 is 24.2. The zero-order valence-electron chi connectivity index (χ0n) is 15.5. The molecule has 0 spiro atoms. The number of benzene rings is 3. The van der Waals surface area contributed by atoms with E-state index in [4.69, 9.17) is 20.8 Å². The van der Waals surface area contributed by atoms with Crippen LogP contribution in [0.1, 0.15) is 21.7 Å². The van der Waals surface area contributed by atoms with Crippen molar-refractivity contribution in [2.45, 2.75) is 6.54 Å². The maximum absolute atomic E-state index is 13.2. The van der Waals surface area contributed by atoms with Gasteiger partial charge in [-0.2, -0.15) is 0 Å². The highest BCUT2D eigenvalue weighted by Gasteiger charge is 2.22. The molecule has 4 aromatic rings. The van der Waals surface area contributed by atoms with E-state index < -0.39 is 0 Å². The van der Waals surface area contributed by atoms with Gasteiger partial charge in [-0.15, -0.1) is 0 Å². The van der Waals surface area contributed by atoms with Gasteiger partial charge in [-0.25, -0.2) is 4.39 Å². The standard InChI is InChI=1S/C23H17ClFNO3/c1-28-20-11-8-15(12-18(20)24)22(27)23-21(17-4-2-3-5-19(17)29-23)26-13-14-6-9-16(25)10-7-14/h2-12,26H,13H2,1H3. The molecule has 1 N–H and O–H groups in total. The Morgan fingerprint density at radius 2 is 1.86 bits per heavy atom. The van der Waals surface area contributed by atoms with Gasteiger partial charge in [0.05, 0.1) is 17.8 Å². The average molecular weight is 410 g/mol. The minimum atomic E-state index is -0.299. The molecule has 0 amide bonds. The van der Waals surface area contributed by atoms with E-state index in [2.05, 4.69) is 5.32 Å². The SMILES string of the molecule is COc1ccc(C(=O)c2oc3ccccc3c2NCc2ccc(F)cc2)cc1Cl. The number of anilines is 1. The summed E-state index contributed by atoms with van der Waals surface area (Å²) >= 11 is 6.18. The largest absolute Gasteiger partial charge is 0.495 e. The Balaban J connectivity index is 1.71. The number of halogens is 2. The molecule has 0 saturated heterocycles. The summed E-state index contributed by atoms with van der Waals surface area (Å²) in [7, 11) is 1.51. The molecule has 0 saturated carbocycles. The molecule has 0 aliphatic carbocycles. The molecule has 1 heterocycles. The smallest absolute Gasteiger partial charge is 0.230 e. The first kappa shape index (κ1) is 19.0. The molecule has 3 aromatic carbocycles. The molecule has 0 aliphatic heterocycles. The average Bonchev–Trinajstić information content (AvgIpc) is 3.11. The second-order valence-electron chi connectivity index (χ2n) is 6.46. The van der Waals surface area contributed by atoms with E-state index >= 15 is 0 Å². The van der Waals surface area contributed by atoms with Gasteiger partial charge < -0.3 is 14.5 Å². The van der Waals surface area contributed by atoms with Crippen molar-refractivity contribution >= 4 is 34.0 Å². The Morgan fingerprint density at radius 1 is 1.10 bits per heavy atom. The molecule has 0 bridgehead atoms. The van der Waals surface area contributed by atoms with E-state index in [-0.39, 0.29) is 17.4 Å². The summed E-state index contributed by atoms with van der Waals surface area (Å²) in [4.78, 5) is 13.2. The molecular formula is C23H17ClFNO3. The van der Waals surface area contributed by atoms with Crippen LogP contribution in [0.3, 0.4) is 0 Å². The molecule has 0 fully saturated rings. The van der Waals surface area contributed by atoms with Crippen LogP contribution in [0.4, 0.5) is 10.1 Å². The summed E-state index contributed by atoms with van der Waals surface area (Å²) in [6, 6.07) is 18.4. The van der Waals surface area contributed by atoms with Crippen molar-refractivity contribution in [3.63, 3.8) is 0 Å². The number of ether oxygens (including phenoxy) is 1. The van der Waals surface area contributed by atoms with E-state index in [0.29, 0.717) is 34.2 Å². The normalized spacial score (nSPS) is 10.9. The number of nitrogens with one attached hydrogen (secondary N) is 1. The van der Waals surface area contributed by atoms with Crippen molar-refractivity contribution in [1.82, 2.24) is 0 Å². The Morgan fingerprint density at radius 3 is 2.59 bits per heavy atom. The van der Waals surface area contributed by atoms with Gasteiger partial charge in [-0.3, -0.25) is 4.79 Å². The number of carbonyl (C=O) groups is 1. The lowest BCUT2D eigenvalue weighted by molar-refractivity contribution is 0.101. The quantitative estimate of drug-likeness (QED) is 0.392. The number of ketones is 1. The number of fused-ring (bicyclic) bond motifs is 1. The number of methoxy groups -OCH3 is 1. The molecule has 0 aliphatic rings. The van der Waals surface area contributed by atoms with Gasteiger partial charge in [0.25, 0.3) is 0 Å². The lowest BCUT2D eigenvalue weighted by Gasteiger charge is -2.08. The molecule has 0 unspecified atom stereocenters. The Kier molecular flexibility index (Phi) is 5.23. The van der Waals surface area contributed by atoms with Crippen LogP contribution in [0, 0.1) is 5.82 Å². The number of rotatable bonds is 6. The van der Waals surface area contributed by atoms with Gasteiger partial charge in [0, 0.05) is 17.5 Å². The van der Waals surface area contributed by atoms with Gasteiger partial charge in [0.2, 0.25) is 5.78 Å². The Labute approximate surface area is 171 Å². The lowest BCUT2D eigenvalue weighted by atomic mass is 10.1. The van der Waals surface area contributed by atoms with E-state index in [1.807, 2.05) is 18.2 Å².